The minimum atomic E-state index is -0.0879. The average molecular weight is 283 g/mol. The predicted molar refractivity (Wildman–Crippen MR) is 73.9 cm³/mol. The molecule has 0 aromatic heterocycles. The molecule has 0 bridgehead atoms. The Hall–Kier alpha value is -1.06. The molecule has 2 rings (SSSR count). The molecule has 3 nitrogen and oxygen atoms in total. The van der Waals surface area contributed by atoms with Gasteiger partial charge in [0.1, 0.15) is 0 Å². The largest absolute Gasteiger partial charge is 0.466 e. The first-order chi connectivity index (χ1) is 9.13. The summed E-state index contributed by atoms with van der Waals surface area (Å²) >= 11 is 5.82. The molecule has 0 saturated heterocycles. The number of hydrogen-bond acceptors (Lipinski definition) is 3. The summed E-state index contributed by atoms with van der Waals surface area (Å²) in [6.07, 6.45) is 0. The topological polar surface area (TPSA) is 35.5 Å². The molecule has 0 heterocycles. The van der Waals surface area contributed by atoms with Crippen molar-refractivity contribution >= 4 is 17.6 Å². The third-order valence-corrected chi connectivity index (χ3v) is 3.87. The lowest BCUT2D eigenvalue weighted by atomic mass is 10.2. The van der Waals surface area contributed by atoms with Crippen LogP contribution in [-0.2, 0) is 20.9 Å². The number of rotatable bonds is 6. The quantitative estimate of drug-likeness (QED) is 0.751. The number of esters is 1. The van der Waals surface area contributed by atoms with E-state index < -0.39 is 0 Å². The Kier molecular flexibility index (Phi) is 4.83. The van der Waals surface area contributed by atoms with Gasteiger partial charge in [0.15, 0.2) is 0 Å². The summed E-state index contributed by atoms with van der Waals surface area (Å²) < 4.78 is 10.7. The van der Waals surface area contributed by atoms with Crippen LogP contribution in [0.3, 0.4) is 0 Å². The van der Waals surface area contributed by atoms with E-state index in [0.717, 1.165) is 10.6 Å². The van der Waals surface area contributed by atoms with Crippen molar-refractivity contribution in [3.8, 4) is 0 Å². The molecule has 1 aliphatic rings. The molecule has 1 aliphatic carbocycles. The fourth-order valence-corrected chi connectivity index (χ4v) is 2.45. The van der Waals surface area contributed by atoms with Crippen LogP contribution in [0.1, 0.15) is 19.4 Å². The van der Waals surface area contributed by atoms with Gasteiger partial charge in [-0.05, 0) is 36.5 Å². The number of ether oxygens (including phenoxy) is 2. The van der Waals surface area contributed by atoms with E-state index in [1.165, 1.54) is 0 Å². The van der Waals surface area contributed by atoms with Gasteiger partial charge < -0.3 is 9.47 Å². The van der Waals surface area contributed by atoms with Crippen molar-refractivity contribution in [1.29, 1.82) is 0 Å². The monoisotopic (exact) mass is 282 g/mol. The first-order valence-electron chi connectivity index (χ1n) is 6.62. The normalized spacial score (nSPS) is 25.1. The van der Waals surface area contributed by atoms with Crippen molar-refractivity contribution in [1.82, 2.24) is 0 Å². The number of carbonyl (C=O) groups is 1. The summed E-state index contributed by atoms with van der Waals surface area (Å²) in [7, 11) is 0. The lowest BCUT2D eigenvalue weighted by Crippen LogP contribution is -2.09. The zero-order valence-corrected chi connectivity index (χ0v) is 12.0. The Bertz CT molecular complexity index is 430. The van der Waals surface area contributed by atoms with Crippen LogP contribution in [0.5, 0.6) is 0 Å². The summed E-state index contributed by atoms with van der Waals surface area (Å²) in [5.41, 5.74) is 1.09. The fourth-order valence-electron chi connectivity index (χ4n) is 2.32. The highest BCUT2D eigenvalue weighted by Crippen LogP contribution is 2.46. The molecule has 0 radical (unpaired) electrons. The number of hydrogen-bond donors (Lipinski definition) is 0. The van der Waals surface area contributed by atoms with E-state index in [1.807, 2.05) is 31.2 Å². The second kappa shape index (κ2) is 6.40. The average Bonchev–Trinajstić information content (AvgIpc) is 3.03. The van der Waals surface area contributed by atoms with Gasteiger partial charge >= 0.3 is 5.97 Å². The van der Waals surface area contributed by atoms with Crippen LogP contribution < -0.4 is 0 Å². The zero-order valence-electron chi connectivity index (χ0n) is 11.3. The third-order valence-electron chi connectivity index (χ3n) is 3.61. The Morgan fingerprint density at radius 3 is 2.63 bits per heavy atom. The van der Waals surface area contributed by atoms with Crippen LogP contribution >= 0.6 is 11.6 Å². The second-order valence-corrected chi connectivity index (χ2v) is 5.38. The summed E-state index contributed by atoms with van der Waals surface area (Å²) in [6, 6.07) is 7.59. The van der Waals surface area contributed by atoms with Crippen LogP contribution in [0.4, 0.5) is 0 Å². The molecular weight excluding hydrogens is 264 g/mol. The molecule has 0 spiro atoms. The maximum absolute atomic E-state index is 11.6. The second-order valence-electron chi connectivity index (χ2n) is 4.94. The SMILES string of the molecule is CCOC(=O)C1C(C)C1COCc1ccc(Cl)cc1. The van der Waals surface area contributed by atoms with Crippen molar-refractivity contribution in [3.05, 3.63) is 34.9 Å². The van der Waals surface area contributed by atoms with E-state index in [4.69, 9.17) is 21.1 Å². The van der Waals surface area contributed by atoms with Gasteiger partial charge in [0.05, 0.1) is 25.7 Å². The Morgan fingerprint density at radius 1 is 1.32 bits per heavy atom. The molecule has 1 aromatic carbocycles. The first-order valence-corrected chi connectivity index (χ1v) is 7.00. The lowest BCUT2D eigenvalue weighted by molar-refractivity contribution is -0.145. The molecule has 104 valence electrons. The molecule has 1 saturated carbocycles. The smallest absolute Gasteiger partial charge is 0.309 e. The highest BCUT2D eigenvalue weighted by atomic mass is 35.5. The molecule has 19 heavy (non-hydrogen) atoms. The van der Waals surface area contributed by atoms with Crippen molar-refractivity contribution in [2.45, 2.75) is 20.5 Å². The van der Waals surface area contributed by atoms with Gasteiger partial charge in [-0.15, -0.1) is 0 Å². The maximum Gasteiger partial charge on any atom is 0.309 e. The Labute approximate surface area is 118 Å². The molecule has 1 fully saturated rings. The number of carbonyl (C=O) groups excluding carboxylic acids is 1. The van der Waals surface area contributed by atoms with E-state index >= 15 is 0 Å². The van der Waals surface area contributed by atoms with Crippen LogP contribution in [-0.4, -0.2) is 19.2 Å². The zero-order chi connectivity index (χ0) is 13.8. The minimum Gasteiger partial charge on any atom is -0.466 e. The Balaban J connectivity index is 1.72. The standard InChI is InChI=1S/C15H19ClO3/c1-3-19-15(17)14-10(2)13(14)9-18-8-11-4-6-12(16)7-5-11/h4-7,10,13-14H,3,8-9H2,1-2H3. The van der Waals surface area contributed by atoms with E-state index in [0.29, 0.717) is 31.7 Å². The molecule has 0 aliphatic heterocycles. The summed E-state index contributed by atoms with van der Waals surface area (Å²) in [4.78, 5) is 11.6. The van der Waals surface area contributed by atoms with Gasteiger partial charge in [0.25, 0.3) is 0 Å². The minimum absolute atomic E-state index is 0.0187. The number of halogens is 1. The van der Waals surface area contributed by atoms with Crippen molar-refractivity contribution in [2.75, 3.05) is 13.2 Å². The number of benzene rings is 1. The van der Waals surface area contributed by atoms with Crippen LogP contribution in [0.2, 0.25) is 5.02 Å². The van der Waals surface area contributed by atoms with Crippen molar-refractivity contribution in [3.63, 3.8) is 0 Å². The maximum atomic E-state index is 11.6. The highest BCUT2D eigenvalue weighted by molar-refractivity contribution is 6.30. The molecular formula is C15H19ClO3. The van der Waals surface area contributed by atoms with Gasteiger partial charge in [-0.3, -0.25) is 4.79 Å². The highest BCUT2D eigenvalue weighted by Gasteiger charge is 2.52. The van der Waals surface area contributed by atoms with E-state index in [1.54, 1.807) is 0 Å². The molecule has 0 N–H and O–H groups in total. The molecule has 3 atom stereocenters. The van der Waals surface area contributed by atoms with E-state index in [9.17, 15) is 4.79 Å². The summed E-state index contributed by atoms with van der Waals surface area (Å²) in [6.45, 7) is 5.50. The summed E-state index contributed by atoms with van der Waals surface area (Å²) in [5, 5.41) is 0.724. The predicted octanol–water partition coefficient (Wildman–Crippen LogP) is 3.30. The molecule has 3 unspecified atom stereocenters. The molecule has 1 aromatic rings. The van der Waals surface area contributed by atoms with Gasteiger partial charge in [0.2, 0.25) is 0 Å². The third kappa shape index (κ3) is 3.71. The Morgan fingerprint density at radius 2 is 2.00 bits per heavy atom. The molecule has 4 heteroatoms. The lowest BCUT2D eigenvalue weighted by Gasteiger charge is -2.04. The van der Waals surface area contributed by atoms with Crippen LogP contribution in [0.25, 0.3) is 0 Å². The van der Waals surface area contributed by atoms with Crippen LogP contribution in [0.15, 0.2) is 24.3 Å². The molecule has 0 amide bonds. The van der Waals surface area contributed by atoms with Crippen LogP contribution in [0, 0.1) is 17.8 Å². The van der Waals surface area contributed by atoms with E-state index in [2.05, 4.69) is 6.92 Å². The first kappa shape index (κ1) is 14.4. The van der Waals surface area contributed by atoms with Gasteiger partial charge in [-0.1, -0.05) is 30.7 Å². The van der Waals surface area contributed by atoms with E-state index in [-0.39, 0.29) is 11.9 Å². The van der Waals surface area contributed by atoms with Gasteiger partial charge in [0, 0.05) is 5.02 Å². The van der Waals surface area contributed by atoms with Gasteiger partial charge in [-0.2, -0.15) is 0 Å². The summed E-state index contributed by atoms with van der Waals surface area (Å²) in [5.74, 6) is 0.593. The fraction of sp³-hybridized carbons (Fsp3) is 0.533. The van der Waals surface area contributed by atoms with Crippen molar-refractivity contribution in [2.24, 2.45) is 17.8 Å². The van der Waals surface area contributed by atoms with Crippen molar-refractivity contribution < 1.29 is 14.3 Å². The van der Waals surface area contributed by atoms with Gasteiger partial charge in [-0.25, -0.2) is 0 Å².